The number of carbonyl (C=O) groups excluding carboxylic acids is 1. The number of benzene rings is 1. The van der Waals surface area contributed by atoms with Gasteiger partial charge in [-0.2, -0.15) is 0 Å². The molecule has 1 fully saturated rings. The second-order valence-electron chi connectivity index (χ2n) is 6.58. The van der Waals surface area contributed by atoms with Crippen molar-refractivity contribution < 1.29 is 9.53 Å². The van der Waals surface area contributed by atoms with Crippen molar-refractivity contribution in [3.63, 3.8) is 0 Å². The highest BCUT2D eigenvalue weighted by Gasteiger charge is 2.24. The summed E-state index contributed by atoms with van der Waals surface area (Å²) in [6, 6.07) is 8.37. The van der Waals surface area contributed by atoms with Gasteiger partial charge < -0.3 is 15.0 Å². The molecule has 1 heterocycles. The number of nitrogens with one attached hydrogen (secondary N) is 1. The minimum atomic E-state index is -0.0111. The molecular weight excluding hydrogens is 302 g/mol. The summed E-state index contributed by atoms with van der Waals surface area (Å²) in [5, 5.41) is 3.19. The molecule has 0 saturated carbocycles. The van der Waals surface area contributed by atoms with Gasteiger partial charge in [0.2, 0.25) is 5.91 Å². The first kappa shape index (κ1) is 18.7. The Morgan fingerprint density at radius 3 is 2.75 bits per heavy atom. The van der Waals surface area contributed by atoms with Crippen LogP contribution in [0.1, 0.15) is 38.8 Å². The van der Waals surface area contributed by atoms with Crippen molar-refractivity contribution in [1.29, 1.82) is 0 Å². The van der Waals surface area contributed by atoms with Crippen molar-refractivity contribution >= 4 is 5.91 Å². The molecule has 1 aliphatic rings. The number of para-hydroxylation sites is 1. The summed E-state index contributed by atoms with van der Waals surface area (Å²) >= 11 is 0. The van der Waals surface area contributed by atoms with E-state index in [1.165, 1.54) is 0 Å². The van der Waals surface area contributed by atoms with Crippen molar-refractivity contribution in [1.82, 2.24) is 15.1 Å². The van der Waals surface area contributed by atoms with E-state index in [0.717, 1.165) is 37.4 Å². The van der Waals surface area contributed by atoms with Crippen molar-refractivity contribution in [2.45, 2.75) is 39.3 Å². The zero-order valence-electron chi connectivity index (χ0n) is 15.4. The summed E-state index contributed by atoms with van der Waals surface area (Å²) in [5.41, 5.74) is 1.06. The van der Waals surface area contributed by atoms with Crippen LogP contribution in [-0.4, -0.2) is 61.6 Å². The van der Waals surface area contributed by atoms with Crippen LogP contribution in [0.5, 0.6) is 5.75 Å². The molecule has 1 N–H and O–H groups in total. The van der Waals surface area contributed by atoms with Gasteiger partial charge in [0.1, 0.15) is 5.75 Å². The summed E-state index contributed by atoms with van der Waals surface area (Å²) in [7, 11) is 2.13. The molecule has 0 aromatic heterocycles. The monoisotopic (exact) mass is 333 g/mol. The maximum atomic E-state index is 12.5. The smallest absolute Gasteiger partial charge is 0.234 e. The average Bonchev–Trinajstić information content (AvgIpc) is 2.56. The molecule has 2 atom stereocenters. The third-order valence-corrected chi connectivity index (χ3v) is 4.65. The molecule has 5 heteroatoms. The SMILES string of the molecule is CCOc1ccccc1[C@H](CC)NC(=O)CN1CCN(C)C[C@@H]1C. The van der Waals surface area contributed by atoms with Crippen molar-refractivity contribution in [3.05, 3.63) is 29.8 Å². The van der Waals surface area contributed by atoms with Crippen LogP contribution in [0.2, 0.25) is 0 Å². The normalized spacial score (nSPS) is 20.6. The number of hydrogen-bond acceptors (Lipinski definition) is 4. The van der Waals surface area contributed by atoms with Crippen LogP contribution in [0.25, 0.3) is 0 Å². The van der Waals surface area contributed by atoms with Crippen LogP contribution in [0.4, 0.5) is 0 Å². The number of piperazine rings is 1. The van der Waals surface area contributed by atoms with Gasteiger partial charge in [0, 0.05) is 31.2 Å². The average molecular weight is 333 g/mol. The highest BCUT2D eigenvalue weighted by Crippen LogP contribution is 2.27. The molecule has 0 radical (unpaired) electrons. The zero-order chi connectivity index (χ0) is 17.5. The van der Waals surface area contributed by atoms with E-state index >= 15 is 0 Å². The number of ether oxygens (including phenoxy) is 1. The van der Waals surface area contributed by atoms with Crippen LogP contribution in [0.3, 0.4) is 0 Å². The molecule has 0 bridgehead atoms. The molecule has 2 rings (SSSR count). The van der Waals surface area contributed by atoms with Gasteiger partial charge in [-0.05, 0) is 33.4 Å². The van der Waals surface area contributed by atoms with Crippen molar-refractivity contribution in [2.24, 2.45) is 0 Å². The molecule has 1 aromatic rings. The maximum absolute atomic E-state index is 12.5. The largest absolute Gasteiger partial charge is 0.494 e. The second-order valence-corrected chi connectivity index (χ2v) is 6.58. The summed E-state index contributed by atoms with van der Waals surface area (Å²) in [6.45, 7) is 10.3. The third kappa shape index (κ3) is 4.95. The predicted octanol–water partition coefficient (Wildman–Crippen LogP) is 2.29. The first-order chi connectivity index (χ1) is 11.5. The number of rotatable bonds is 7. The van der Waals surface area contributed by atoms with E-state index in [1.807, 2.05) is 31.2 Å². The Hall–Kier alpha value is -1.59. The highest BCUT2D eigenvalue weighted by atomic mass is 16.5. The lowest BCUT2D eigenvalue weighted by atomic mass is 10.0. The van der Waals surface area contributed by atoms with Crippen molar-refractivity contribution in [3.8, 4) is 5.75 Å². The van der Waals surface area contributed by atoms with Gasteiger partial charge in [-0.15, -0.1) is 0 Å². The molecule has 1 aliphatic heterocycles. The maximum Gasteiger partial charge on any atom is 0.234 e. The Morgan fingerprint density at radius 2 is 2.08 bits per heavy atom. The van der Waals surface area contributed by atoms with Crippen LogP contribution in [-0.2, 0) is 4.79 Å². The summed E-state index contributed by atoms with van der Waals surface area (Å²) in [5.74, 6) is 0.949. The van der Waals surface area contributed by atoms with E-state index in [9.17, 15) is 4.79 Å². The molecule has 5 nitrogen and oxygen atoms in total. The van der Waals surface area contributed by atoms with Crippen molar-refractivity contribution in [2.75, 3.05) is 39.8 Å². The molecule has 0 spiro atoms. The molecule has 24 heavy (non-hydrogen) atoms. The fraction of sp³-hybridized carbons (Fsp3) is 0.632. The van der Waals surface area contributed by atoms with Gasteiger partial charge in [-0.3, -0.25) is 9.69 Å². The topological polar surface area (TPSA) is 44.8 Å². The number of likely N-dealkylation sites (N-methyl/N-ethyl adjacent to an activating group) is 1. The number of carbonyl (C=O) groups is 1. The molecule has 1 amide bonds. The van der Waals surface area contributed by atoms with E-state index in [1.54, 1.807) is 0 Å². The Balaban J connectivity index is 1.98. The van der Waals surface area contributed by atoms with Crippen LogP contribution < -0.4 is 10.1 Å². The van der Waals surface area contributed by atoms with Crippen LogP contribution >= 0.6 is 0 Å². The van der Waals surface area contributed by atoms with Gasteiger partial charge in [0.05, 0.1) is 19.2 Å². The van der Waals surface area contributed by atoms with E-state index in [0.29, 0.717) is 19.2 Å². The van der Waals surface area contributed by atoms with E-state index in [2.05, 4.69) is 36.0 Å². The second kappa shape index (κ2) is 9.04. The summed E-state index contributed by atoms with van der Waals surface area (Å²) < 4.78 is 5.71. The quantitative estimate of drug-likeness (QED) is 0.831. The number of nitrogens with zero attached hydrogens (tertiary/aromatic N) is 2. The standard InChI is InChI=1S/C19H31N3O2/c1-5-17(16-9-7-8-10-18(16)24-6-2)20-19(23)14-22-12-11-21(4)13-15(22)3/h7-10,15,17H,5-6,11-14H2,1-4H3,(H,20,23)/t15-,17-/m0/s1. The van der Waals surface area contributed by atoms with Gasteiger partial charge >= 0.3 is 0 Å². The van der Waals surface area contributed by atoms with E-state index < -0.39 is 0 Å². The fourth-order valence-electron chi connectivity index (χ4n) is 3.29. The molecule has 1 saturated heterocycles. The van der Waals surface area contributed by atoms with Gasteiger partial charge in [-0.25, -0.2) is 0 Å². The highest BCUT2D eigenvalue weighted by molar-refractivity contribution is 5.78. The molecule has 0 aliphatic carbocycles. The van der Waals surface area contributed by atoms with Crippen LogP contribution in [0.15, 0.2) is 24.3 Å². The Bertz CT molecular complexity index is 535. The number of amides is 1. The van der Waals surface area contributed by atoms with Gasteiger partial charge in [0.15, 0.2) is 0 Å². The van der Waals surface area contributed by atoms with E-state index in [-0.39, 0.29) is 11.9 Å². The summed E-state index contributed by atoms with van der Waals surface area (Å²) in [6.07, 6.45) is 0.841. The lowest BCUT2D eigenvalue weighted by Crippen LogP contribution is -2.53. The lowest BCUT2D eigenvalue weighted by molar-refractivity contribution is -0.124. The zero-order valence-corrected chi connectivity index (χ0v) is 15.4. The first-order valence-electron chi connectivity index (χ1n) is 8.98. The molecule has 1 aromatic carbocycles. The third-order valence-electron chi connectivity index (χ3n) is 4.65. The molecular formula is C19H31N3O2. The van der Waals surface area contributed by atoms with Gasteiger partial charge in [-0.1, -0.05) is 25.1 Å². The van der Waals surface area contributed by atoms with E-state index in [4.69, 9.17) is 4.74 Å². The summed E-state index contributed by atoms with van der Waals surface area (Å²) in [4.78, 5) is 17.1. The number of hydrogen-bond donors (Lipinski definition) is 1. The predicted molar refractivity (Wildman–Crippen MR) is 97.3 cm³/mol. The Morgan fingerprint density at radius 1 is 1.33 bits per heavy atom. The minimum absolute atomic E-state index is 0.0111. The van der Waals surface area contributed by atoms with Crippen LogP contribution in [0, 0.1) is 0 Å². The molecule has 134 valence electrons. The van der Waals surface area contributed by atoms with Gasteiger partial charge in [0.25, 0.3) is 0 Å². The molecule has 0 unspecified atom stereocenters. The Kier molecular flexibility index (Phi) is 7.06. The first-order valence-corrected chi connectivity index (χ1v) is 8.98. The minimum Gasteiger partial charge on any atom is -0.494 e. The fourth-order valence-corrected chi connectivity index (χ4v) is 3.29. The Labute approximate surface area is 146 Å². The lowest BCUT2D eigenvalue weighted by Gasteiger charge is -2.37.